The third-order valence-corrected chi connectivity index (χ3v) is 3.42. The van der Waals surface area contributed by atoms with E-state index < -0.39 is 0 Å². The number of nitrogens with two attached hydrogens (primary N) is 2. The molecule has 0 saturated carbocycles. The monoisotopic (exact) mass is 359 g/mol. The number of hydrogen-bond donors (Lipinski definition) is 3. The molecular weight excluding hydrogens is 349 g/mol. The highest BCUT2D eigenvalue weighted by atomic mass is 127. The number of hydrogen-bond acceptors (Lipinski definition) is 3. The van der Waals surface area contributed by atoms with Crippen LogP contribution in [0.15, 0.2) is 36.4 Å². The lowest BCUT2D eigenvalue weighted by Crippen LogP contribution is -1.97. The first-order chi connectivity index (χ1) is 8.06. The molecule has 2 rings (SSSR count). The van der Waals surface area contributed by atoms with Gasteiger partial charge in [-0.2, -0.15) is 0 Å². The van der Waals surface area contributed by atoms with E-state index in [1.807, 2.05) is 24.3 Å². The minimum absolute atomic E-state index is 0.568. The van der Waals surface area contributed by atoms with Crippen molar-refractivity contribution in [1.29, 1.82) is 0 Å². The van der Waals surface area contributed by atoms with Crippen molar-refractivity contribution in [3.8, 4) is 0 Å². The zero-order valence-corrected chi connectivity index (χ0v) is 11.8. The average Bonchev–Trinajstić information content (AvgIpc) is 2.27. The van der Waals surface area contributed by atoms with Gasteiger partial charge in [-0.3, -0.25) is 0 Å². The zero-order valence-electron chi connectivity index (χ0n) is 8.87. The molecule has 0 saturated heterocycles. The first kappa shape index (κ1) is 12.3. The minimum atomic E-state index is 0.568. The summed E-state index contributed by atoms with van der Waals surface area (Å²) in [6.45, 7) is 0. The van der Waals surface area contributed by atoms with Crippen molar-refractivity contribution in [1.82, 2.24) is 0 Å². The molecule has 5 heteroatoms. The van der Waals surface area contributed by atoms with Crippen molar-refractivity contribution >= 4 is 56.9 Å². The summed E-state index contributed by atoms with van der Waals surface area (Å²) >= 11 is 8.12. The van der Waals surface area contributed by atoms with E-state index in [0.29, 0.717) is 11.4 Å². The van der Waals surface area contributed by atoms with E-state index in [9.17, 15) is 0 Å². The lowest BCUT2D eigenvalue weighted by atomic mass is 10.2. The van der Waals surface area contributed by atoms with Crippen LogP contribution in [0.25, 0.3) is 0 Å². The van der Waals surface area contributed by atoms with Crippen LogP contribution in [0.5, 0.6) is 0 Å². The van der Waals surface area contributed by atoms with Gasteiger partial charge < -0.3 is 16.8 Å². The van der Waals surface area contributed by atoms with Crippen LogP contribution in [0.4, 0.5) is 22.7 Å². The van der Waals surface area contributed by atoms with E-state index in [4.69, 9.17) is 23.1 Å². The maximum absolute atomic E-state index is 5.90. The second-order valence-corrected chi connectivity index (χ2v) is 5.19. The van der Waals surface area contributed by atoms with Crippen LogP contribution in [0.1, 0.15) is 0 Å². The molecule has 0 radical (unpaired) electrons. The van der Waals surface area contributed by atoms with Crippen molar-refractivity contribution < 1.29 is 0 Å². The summed E-state index contributed by atoms with van der Waals surface area (Å²) in [7, 11) is 0. The highest BCUT2D eigenvalue weighted by Crippen LogP contribution is 2.27. The first-order valence-electron chi connectivity index (χ1n) is 4.93. The van der Waals surface area contributed by atoms with Crippen molar-refractivity contribution in [3.63, 3.8) is 0 Å². The summed E-state index contributed by atoms with van der Waals surface area (Å²) in [5, 5.41) is 3.98. The number of benzene rings is 2. The molecule has 0 aliphatic rings. The number of rotatable bonds is 2. The van der Waals surface area contributed by atoms with Crippen molar-refractivity contribution in [2.24, 2.45) is 0 Å². The summed E-state index contributed by atoms with van der Waals surface area (Å²) < 4.78 is 1.05. The number of nitrogens with one attached hydrogen (secondary N) is 1. The van der Waals surface area contributed by atoms with Gasteiger partial charge in [0.2, 0.25) is 0 Å². The van der Waals surface area contributed by atoms with Crippen LogP contribution in [0.2, 0.25) is 5.02 Å². The van der Waals surface area contributed by atoms with Gasteiger partial charge in [0.15, 0.2) is 0 Å². The van der Waals surface area contributed by atoms with Crippen LogP contribution < -0.4 is 16.8 Å². The second-order valence-electron chi connectivity index (χ2n) is 3.59. The minimum Gasteiger partial charge on any atom is -0.397 e. The first-order valence-corrected chi connectivity index (χ1v) is 6.39. The highest BCUT2D eigenvalue weighted by Gasteiger charge is 2.02. The van der Waals surface area contributed by atoms with Crippen LogP contribution >= 0.6 is 34.2 Å². The molecule has 0 aliphatic carbocycles. The predicted octanol–water partition coefficient (Wildman–Crippen LogP) is 3.85. The molecule has 0 unspecified atom stereocenters. The molecule has 2 aromatic carbocycles. The smallest absolute Gasteiger partial charge is 0.0568 e. The van der Waals surface area contributed by atoms with E-state index in [1.165, 1.54) is 0 Å². The Kier molecular flexibility index (Phi) is 3.63. The quantitative estimate of drug-likeness (QED) is 0.564. The van der Waals surface area contributed by atoms with Gasteiger partial charge in [-0.25, -0.2) is 0 Å². The summed E-state index contributed by atoms with van der Waals surface area (Å²) in [6.07, 6.45) is 0. The fourth-order valence-electron chi connectivity index (χ4n) is 1.40. The largest absolute Gasteiger partial charge is 0.397 e. The summed E-state index contributed by atoms with van der Waals surface area (Å²) in [5.74, 6) is 0. The molecule has 0 aromatic heterocycles. The lowest BCUT2D eigenvalue weighted by molar-refractivity contribution is 1.52. The molecule has 0 bridgehead atoms. The molecule has 17 heavy (non-hydrogen) atoms. The van der Waals surface area contributed by atoms with E-state index in [2.05, 4.69) is 27.9 Å². The molecular formula is C12H11ClIN3. The number of halogens is 2. The number of anilines is 4. The van der Waals surface area contributed by atoms with Crippen molar-refractivity contribution in [2.45, 2.75) is 0 Å². The topological polar surface area (TPSA) is 64.1 Å². The predicted molar refractivity (Wildman–Crippen MR) is 82.7 cm³/mol. The van der Waals surface area contributed by atoms with Crippen LogP contribution in [0, 0.1) is 3.57 Å². The van der Waals surface area contributed by atoms with Crippen LogP contribution in [0.3, 0.4) is 0 Å². The Morgan fingerprint density at radius 3 is 2.41 bits per heavy atom. The molecule has 0 atom stereocenters. The van der Waals surface area contributed by atoms with Gasteiger partial charge in [0.25, 0.3) is 0 Å². The van der Waals surface area contributed by atoms with Crippen molar-refractivity contribution in [2.75, 3.05) is 16.8 Å². The van der Waals surface area contributed by atoms with E-state index in [-0.39, 0.29) is 0 Å². The van der Waals surface area contributed by atoms with Gasteiger partial charge in [-0.05, 0) is 59.0 Å². The molecule has 3 nitrogen and oxygen atoms in total. The van der Waals surface area contributed by atoms with Gasteiger partial charge in [-0.15, -0.1) is 0 Å². The second kappa shape index (κ2) is 5.01. The van der Waals surface area contributed by atoms with Gasteiger partial charge >= 0.3 is 0 Å². The lowest BCUT2D eigenvalue weighted by Gasteiger charge is -2.10. The van der Waals surface area contributed by atoms with E-state index in [0.717, 1.165) is 20.0 Å². The Labute approximate surface area is 118 Å². The van der Waals surface area contributed by atoms with Gasteiger partial charge in [0.05, 0.1) is 17.1 Å². The van der Waals surface area contributed by atoms with Crippen LogP contribution in [-0.4, -0.2) is 0 Å². The van der Waals surface area contributed by atoms with E-state index >= 15 is 0 Å². The van der Waals surface area contributed by atoms with Gasteiger partial charge in [0, 0.05) is 14.3 Å². The maximum Gasteiger partial charge on any atom is 0.0568 e. The Morgan fingerprint density at radius 2 is 1.76 bits per heavy atom. The fourth-order valence-corrected chi connectivity index (χ4v) is 2.41. The van der Waals surface area contributed by atoms with Crippen molar-refractivity contribution in [3.05, 3.63) is 45.0 Å². The fraction of sp³-hybridized carbons (Fsp3) is 0. The van der Waals surface area contributed by atoms with E-state index in [1.54, 1.807) is 12.1 Å². The third kappa shape index (κ3) is 2.95. The summed E-state index contributed by atoms with van der Waals surface area (Å²) in [6, 6.07) is 11.1. The SMILES string of the molecule is Nc1ccc(Nc2ccc(Cl)cc2I)cc1N. The Bertz CT molecular complexity index is 557. The molecule has 5 N–H and O–H groups in total. The zero-order chi connectivity index (χ0) is 12.4. The maximum atomic E-state index is 5.90. The molecule has 0 aliphatic heterocycles. The normalized spacial score (nSPS) is 10.2. The molecule has 88 valence electrons. The Morgan fingerprint density at radius 1 is 1.00 bits per heavy atom. The molecule has 0 heterocycles. The summed E-state index contributed by atoms with van der Waals surface area (Å²) in [5.41, 5.74) is 14.4. The van der Waals surface area contributed by atoms with Gasteiger partial charge in [-0.1, -0.05) is 11.6 Å². The summed E-state index contributed by atoms with van der Waals surface area (Å²) in [4.78, 5) is 0. The van der Waals surface area contributed by atoms with Gasteiger partial charge in [0.1, 0.15) is 0 Å². The molecule has 2 aromatic rings. The van der Waals surface area contributed by atoms with Crippen LogP contribution in [-0.2, 0) is 0 Å². The highest BCUT2D eigenvalue weighted by molar-refractivity contribution is 14.1. The standard InChI is InChI=1S/C12H11ClIN3/c13-7-1-4-12(9(14)5-7)17-8-2-3-10(15)11(16)6-8/h1-6,17H,15-16H2. The molecule has 0 amide bonds. The average molecular weight is 360 g/mol. The Balaban J connectivity index is 2.28. The molecule has 0 fully saturated rings. The molecule has 0 spiro atoms. The number of nitrogen functional groups attached to an aromatic ring is 2. The third-order valence-electron chi connectivity index (χ3n) is 2.30. The Hall–Kier alpha value is -1.14.